The highest BCUT2D eigenvalue weighted by Crippen LogP contribution is 2.48. The molecule has 0 radical (unpaired) electrons. The maximum atomic E-state index is 14.0. The van der Waals surface area contributed by atoms with Crippen LogP contribution in [0, 0.1) is 11.6 Å². The Balaban J connectivity index is 1.58. The summed E-state index contributed by atoms with van der Waals surface area (Å²) in [5, 5.41) is 6.90. The molecule has 0 aromatic heterocycles. The first-order valence-corrected chi connectivity index (χ1v) is 14.1. The van der Waals surface area contributed by atoms with Crippen LogP contribution in [0.15, 0.2) is 146 Å². The lowest BCUT2D eigenvalue weighted by molar-refractivity contribution is 0.627. The Morgan fingerprint density at radius 3 is 0.881 bits per heavy atom. The molecule has 0 nitrogen and oxygen atoms in total. The molecule has 0 N–H and O–H groups in total. The lowest BCUT2D eigenvalue weighted by Gasteiger charge is -2.21. The van der Waals surface area contributed by atoms with Crippen molar-refractivity contribution in [3.8, 4) is 44.5 Å². The summed E-state index contributed by atoms with van der Waals surface area (Å²) in [7, 11) is 0. The van der Waals surface area contributed by atoms with E-state index < -0.39 is 0 Å². The lowest BCUT2D eigenvalue weighted by Crippen LogP contribution is -1.94. The molecule has 0 heterocycles. The van der Waals surface area contributed by atoms with Gasteiger partial charge in [-0.15, -0.1) is 0 Å². The van der Waals surface area contributed by atoms with Crippen LogP contribution in [0.5, 0.6) is 0 Å². The van der Waals surface area contributed by atoms with Gasteiger partial charge >= 0.3 is 0 Å². The second-order valence-electron chi connectivity index (χ2n) is 10.8. The third-order valence-electron chi connectivity index (χ3n) is 8.38. The Kier molecular flexibility index (Phi) is 5.61. The molecule has 8 rings (SSSR count). The Hall–Kier alpha value is -5.34. The maximum absolute atomic E-state index is 14.0. The lowest BCUT2D eigenvalue weighted by atomic mass is 9.82. The first kappa shape index (κ1) is 24.5. The van der Waals surface area contributed by atoms with Crippen molar-refractivity contribution >= 4 is 32.3 Å². The summed E-state index contributed by atoms with van der Waals surface area (Å²) in [6.07, 6.45) is 0. The zero-order valence-electron chi connectivity index (χ0n) is 22.6. The Morgan fingerprint density at radius 2 is 0.571 bits per heavy atom. The molecule has 42 heavy (non-hydrogen) atoms. The fourth-order valence-corrected chi connectivity index (χ4v) is 6.44. The molecule has 8 aromatic rings. The maximum Gasteiger partial charge on any atom is 0.123 e. The van der Waals surface area contributed by atoms with Gasteiger partial charge in [0.05, 0.1) is 0 Å². The minimum Gasteiger partial charge on any atom is -0.207 e. The predicted molar refractivity (Wildman–Crippen MR) is 172 cm³/mol. The molecule has 0 saturated heterocycles. The van der Waals surface area contributed by atoms with Crippen molar-refractivity contribution < 1.29 is 8.78 Å². The molecule has 0 bridgehead atoms. The average molecular weight is 543 g/mol. The molecule has 0 aliphatic rings. The van der Waals surface area contributed by atoms with Crippen LogP contribution in [-0.4, -0.2) is 0 Å². The summed E-state index contributed by atoms with van der Waals surface area (Å²) >= 11 is 0. The van der Waals surface area contributed by atoms with Gasteiger partial charge in [0.15, 0.2) is 0 Å². The fraction of sp³-hybridized carbons (Fsp3) is 0. The third kappa shape index (κ3) is 3.88. The van der Waals surface area contributed by atoms with Crippen molar-refractivity contribution in [2.75, 3.05) is 0 Å². The van der Waals surface area contributed by atoms with Crippen LogP contribution in [0.3, 0.4) is 0 Å². The minimum absolute atomic E-state index is 0.268. The van der Waals surface area contributed by atoms with E-state index in [9.17, 15) is 8.78 Å². The number of benzene rings is 8. The quantitative estimate of drug-likeness (QED) is 0.194. The van der Waals surface area contributed by atoms with Gasteiger partial charge in [-0.2, -0.15) is 0 Å². The second kappa shape index (κ2) is 9.64. The summed E-state index contributed by atoms with van der Waals surface area (Å²) in [5.41, 5.74) is 8.56. The zero-order valence-corrected chi connectivity index (χ0v) is 22.6. The van der Waals surface area contributed by atoms with E-state index in [0.29, 0.717) is 0 Å². The van der Waals surface area contributed by atoms with Gasteiger partial charge in [0, 0.05) is 0 Å². The Bertz CT molecular complexity index is 2060. The molecule has 0 saturated carbocycles. The van der Waals surface area contributed by atoms with Crippen LogP contribution in [0.25, 0.3) is 76.8 Å². The Labute approximate surface area is 242 Å². The van der Waals surface area contributed by atoms with Gasteiger partial charge in [0.25, 0.3) is 0 Å². The molecule has 0 aliphatic heterocycles. The summed E-state index contributed by atoms with van der Waals surface area (Å²) in [4.78, 5) is 0. The highest BCUT2D eigenvalue weighted by molar-refractivity contribution is 6.31. The molecule has 0 aliphatic carbocycles. The van der Waals surface area contributed by atoms with Crippen molar-refractivity contribution in [1.82, 2.24) is 0 Å². The van der Waals surface area contributed by atoms with Crippen molar-refractivity contribution in [2.45, 2.75) is 0 Å². The summed E-state index contributed by atoms with van der Waals surface area (Å²) in [5.74, 6) is -0.537. The zero-order chi connectivity index (χ0) is 28.2. The van der Waals surface area contributed by atoms with E-state index in [0.717, 1.165) is 49.5 Å². The van der Waals surface area contributed by atoms with Crippen LogP contribution in [-0.2, 0) is 0 Å². The van der Waals surface area contributed by atoms with Crippen molar-refractivity contribution in [3.63, 3.8) is 0 Å². The molecule has 0 atom stereocenters. The number of rotatable bonds is 4. The minimum atomic E-state index is -0.268. The van der Waals surface area contributed by atoms with E-state index in [1.165, 1.54) is 51.6 Å². The molecule has 0 amide bonds. The van der Waals surface area contributed by atoms with Crippen LogP contribution in [0.4, 0.5) is 8.78 Å². The SMILES string of the molecule is Fc1ccc(-c2cc(-c3ccc(F)cc3)c3ccc4c(-c5ccccc5)cc(-c5ccccc5)c5ccc2c3c54)cc1. The van der Waals surface area contributed by atoms with E-state index in [1.807, 2.05) is 36.4 Å². The number of hydrogen-bond donors (Lipinski definition) is 0. The molecule has 8 aromatic carbocycles. The van der Waals surface area contributed by atoms with Gasteiger partial charge in [0.1, 0.15) is 11.6 Å². The number of hydrogen-bond acceptors (Lipinski definition) is 0. The van der Waals surface area contributed by atoms with E-state index in [4.69, 9.17) is 0 Å². The van der Waals surface area contributed by atoms with E-state index >= 15 is 0 Å². The largest absolute Gasteiger partial charge is 0.207 e. The van der Waals surface area contributed by atoms with Gasteiger partial charge < -0.3 is 0 Å². The summed E-state index contributed by atoms with van der Waals surface area (Å²) in [6.45, 7) is 0. The first-order valence-electron chi connectivity index (χ1n) is 14.1. The van der Waals surface area contributed by atoms with Crippen LogP contribution < -0.4 is 0 Å². The normalized spacial score (nSPS) is 11.6. The molecular weight excluding hydrogens is 518 g/mol. The van der Waals surface area contributed by atoms with E-state index in [1.54, 1.807) is 0 Å². The monoisotopic (exact) mass is 542 g/mol. The molecule has 0 unspecified atom stereocenters. The molecule has 198 valence electrons. The van der Waals surface area contributed by atoms with Crippen LogP contribution in [0.1, 0.15) is 0 Å². The third-order valence-corrected chi connectivity index (χ3v) is 8.38. The van der Waals surface area contributed by atoms with Crippen molar-refractivity contribution in [2.24, 2.45) is 0 Å². The molecule has 0 spiro atoms. The van der Waals surface area contributed by atoms with Crippen molar-refractivity contribution in [1.29, 1.82) is 0 Å². The number of halogens is 2. The summed E-state index contributed by atoms with van der Waals surface area (Å²) in [6, 6.07) is 47.7. The van der Waals surface area contributed by atoms with Gasteiger partial charge in [-0.3, -0.25) is 0 Å². The van der Waals surface area contributed by atoms with Gasteiger partial charge in [0.2, 0.25) is 0 Å². The van der Waals surface area contributed by atoms with Gasteiger partial charge in [-0.25, -0.2) is 8.78 Å². The van der Waals surface area contributed by atoms with Crippen molar-refractivity contribution in [3.05, 3.63) is 157 Å². The summed E-state index contributed by atoms with van der Waals surface area (Å²) < 4.78 is 28.0. The van der Waals surface area contributed by atoms with Gasteiger partial charge in [-0.1, -0.05) is 109 Å². The Morgan fingerprint density at radius 1 is 0.286 bits per heavy atom. The van der Waals surface area contributed by atoms with Crippen LogP contribution in [0.2, 0.25) is 0 Å². The topological polar surface area (TPSA) is 0 Å². The molecular formula is C40H24F2. The highest BCUT2D eigenvalue weighted by Gasteiger charge is 2.20. The smallest absolute Gasteiger partial charge is 0.123 e. The standard InChI is InChI=1S/C40H24F2/c41-29-15-11-27(12-16-29)37-24-38(28-13-17-30(42)18-14-28)34-22-20-32-36(26-9-5-2-6-10-26)23-35(25-7-3-1-4-8-25)31-19-21-33(37)40(34)39(31)32/h1-24H. The first-order chi connectivity index (χ1) is 20.7. The van der Waals surface area contributed by atoms with Crippen LogP contribution >= 0.6 is 0 Å². The fourth-order valence-electron chi connectivity index (χ4n) is 6.44. The highest BCUT2D eigenvalue weighted by atomic mass is 19.1. The predicted octanol–water partition coefficient (Wildman–Crippen LogP) is 11.5. The molecule has 2 heteroatoms. The van der Waals surface area contributed by atoms with Gasteiger partial charge in [-0.05, 0) is 113 Å². The second-order valence-corrected chi connectivity index (χ2v) is 10.8. The average Bonchev–Trinajstić information content (AvgIpc) is 3.05. The van der Waals surface area contributed by atoms with E-state index in [2.05, 4.69) is 84.9 Å². The van der Waals surface area contributed by atoms with E-state index in [-0.39, 0.29) is 11.6 Å². The molecule has 0 fully saturated rings.